The van der Waals surface area contributed by atoms with E-state index in [0.717, 1.165) is 0 Å². The summed E-state index contributed by atoms with van der Waals surface area (Å²) in [4.78, 5) is 42.3. The number of amides is 2. The Balaban J connectivity index is 1.70. The summed E-state index contributed by atoms with van der Waals surface area (Å²) in [6.45, 7) is 3.72. The van der Waals surface area contributed by atoms with E-state index in [1.807, 2.05) is 0 Å². The van der Waals surface area contributed by atoms with Crippen LogP contribution >= 0.6 is 0 Å². The predicted molar refractivity (Wildman–Crippen MR) is 92.1 cm³/mol. The van der Waals surface area contributed by atoms with Crippen LogP contribution in [0.15, 0.2) is 16.8 Å². The van der Waals surface area contributed by atoms with Crippen LogP contribution in [0.3, 0.4) is 0 Å². The SMILES string of the molecule is CC(=O)N(CC(=O)O)CC1CN(C(=O)c2cnc3onc(C)c3c2)CCO1. The van der Waals surface area contributed by atoms with Gasteiger partial charge in [0, 0.05) is 32.8 Å². The van der Waals surface area contributed by atoms with Crippen molar-refractivity contribution in [1.82, 2.24) is 19.9 Å². The zero-order valence-corrected chi connectivity index (χ0v) is 15.0. The van der Waals surface area contributed by atoms with Gasteiger partial charge in [0.1, 0.15) is 6.54 Å². The van der Waals surface area contributed by atoms with Crippen LogP contribution in [0.4, 0.5) is 0 Å². The van der Waals surface area contributed by atoms with Gasteiger partial charge in [0.25, 0.3) is 11.6 Å². The average Bonchev–Trinajstić information content (AvgIpc) is 3.01. The van der Waals surface area contributed by atoms with Crippen molar-refractivity contribution in [2.24, 2.45) is 0 Å². The summed E-state index contributed by atoms with van der Waals surface area (Å²) >= 11 is 0. The van der Waals surface area contributed by atoms with Gasteiger partial charge in [-0.25, -0.2) is 4.98 Å². The van der Waals surface area contributed by atoms with Crippen LogP contribution < -0.4 is 0 Å². The van der Waals surface area contributed by atoms with Crippen molar-refractivity contribution in [3.05, 3.63) is 23.5 Å². The van der Waals surface area contributed by atoms with Crippen LogP contribution in [-0.2, 0) is 14.3 Å². The molecule has 1 unspecified atom stereocenters. The number of aryl methyl sites for hydroxylation is 1. The fourth-order valence-electron chi connectivity index (χ4n) is 2.97. The number of morpholine rings is 1. The van der Waals surface area contributed by atoms with Crippen molar-refractivity contribution in [3.8, 4) is 0 Å². The van der Waals surface area contributed by atoms with E-state index < -0.39 is 18.6 Å². The molecular weight excluding hydrogens is 356 g/mol. The molecule has 1 fully saturated rings. The number of carboxylic acid groups (broad SMARTS) is 1. The maximum Gasteiger partial charge on any atom is 0.323 e. The zero-order valence-electron chi connectivity index (χ0n) is 15.0. The van der Waals surface area contributed by atoms with Crippen molar-refractivity contribution in [3.63, 3.8) is 0 Å². The Kier molecular flexibility index (Phi) is 5.36. The van der Waals surface area contributed by atoms with E-state index in [2.05, 4.69) is 10.1 Å². The van der Waals surface area contributed by atoms with Gasteiger partial charge in [-0.05, 0) is 13.0 Å². The second-order valence-corrected chi connectivity index (χ2v) is 6.38. The van der Waals surface area contributed by atoms with E-state index in [1.54, 1.807) is 17.9 Å². The van der Waals surface area contributed by atoms with Gasteiger partial charge in [-0.2, -0.15) is 0 Å². The molecule has 3 heterocycles. The number of fused-ring (bicyclic) bond motifs is 1. The largest absolute Gasteiger partial charge is 0.480 e. The normalized spacial score (nSPS) is 17.1. The molecule has 0 spiro atoms. The van der Waals surface area contributed by atoms with Gasteiger partial charge >= 0.3 is 5.97 Å². The highest BCUT2D eigenvalue weighted by Gasteiger charge is 2.28. The number of nitrogens with zero attached hydrogens (tertiary/aromatic N) is 4. The number of carbonyl (C=O) groups is 3. The van der Waals surface area contributed by atoms with Crippen molar-refractivity contribution < 1.29 is 28.8 Å². The molecule has 3 rings (SSSR count). The lowest BCUT2D eigenvalue weighted by atomic mass is 10.1. The molecule has 1 atom stereocenters. The van der Waals surface area contributed by atoms with E-state index in [0.29, 0.717) is 35.5 Å². The third-order valence-electron chi connectivity index (χ3n) is 4.38. The number of carboxylic acids is 1. The molecule has 1 aliphatic rings. The summed E-state index contributed by atoms with van der Waals surface area (Å²) in [5.41, 5.74) is 1.43. The summed E-state index contributed by atoms with van der Waals surface area (Å²) in [7, 11) is 0. The lowest BCUT2D eigenvalue weighted by molar-refractivity contribution is -0.145. The van der Waals surface area contributed by atoms with Gasteiger partial charge in [0.15, 0.2) is 0 Å². The zero-order chi connectivity index (χ0) is 19.6. The highest BCUT2D eigenvalue weighted by atomic mass is 16.5. The Morgan fingerprint density at radius 3 is 2.89 bits per heavy atom. The number of aromatic nitrogens is 2. The van der Waals surface area contributed by atoms with Crippen LogP contribution in [0.2, 0.25) is 0 Å². The van der Waals surface area contributed by atoms with Crippen LogP contribution in [0.5, 0.6) is 0 Å². The molecule has 10 nitrogen and oxygen atoms in total. The molecule has 2 aromatic heterocycles. The van der Waals surface area contributed by atoms with Crippen LogP contribution in [0.1, 0.15) is 23.0 Å². The maximum atomic E-state index is 12.8. The van der Waals surface area contributed by atoms with Gasteiger partial charge in [0.05, 0.1) is 29.4 Å². The summed E-state index contributed by atoms with van der Waals surface area (Å²) in [6, 6.07) is 1.69. The number of hydrogen-bond donors (Lipinski definition) is 1. The lowest BCUT2D eigenvalue weighted by Gasteiger charge is -2.35. The molecule has 1 N–H and O–H groups in total. The molecule has 144 valence electrons. The molecule has 0 bridgehead atoms. The van der Waals surface area contributed by atoms with Crippen LogP contribution in [0, 0.1) is 6.92 Å². The summed E-state index contributed by atoms with van der Waals surface area (Å²) in [6.07, 6.45) is 0.978. The molecule has 0 aromatic carbocycles. The van der Waals surface area contributed by atoms with Crippen molar-refractivity contribution >= 4 is 28.9 Å². The van der Waals surface area contributed by atoms with Gasteiger partial charge in [-0.3, -0.25) is 14.4 Å². The van der Waals surface area contributed by atoms with Crippen molar-refractivity contribution in [1.29, 1.82) is 0 Å². The molecule has 2 amide bonds. The third kappa shape index (κ3) is 4.22. The quantitative estimate of drug-likeness (QED) is 0.790. The number of hydrogen-bond acceptors (Lipinski definition) is 7. The molecule has 0 aliphatic carbocycles. The second kappa shape index (κ2) is 7.70. The number of pyridine rings is 1. The summed E-state index contributed by atoms with van der Waals surface area (Å²) in [5.74, 6) is -1.68. The third-order valence-corrected chi connectivity index (χ3v) is 4.38. The Hall–Kier alpha value is -3.01. The van der Waals surface area contributed by atoms with Crippen molar-refractivity contribution in [2.75, 3.05) is 32.8 Å². The molecule has 2 aromatic rings. The van der Waals surface area contributed by atoms with Crippen LogP contribution in [0.25, 0.3) is 11.1 Å². The second-order valence-electron chi connectivity index (χ2n) is 6.38. The van der Waals surface area contributed by atoms with Crippen LogP contribution in [-0.4, -0.2) is 81.7 Å². The average molecular weight is 376 g/mol. The minimum absolute atomic E-state index is 0.105. The molecule has 1 aliphatic heterocycles. The van der Waals surface area contributed by atoms with E-state index in [9.17, 15) is 14.4 Å². The first-order chi connectivity index (χ1) is 12.8. The summed E-state index contributed by atoms with van der Waals surface area (Å²) < 4.78 is 10.7. The molecule has 27 heavy (non-hydrogen) atoms. The minimum atomic E-state index is -1.10. The molecule has 1 saturated heterocycles. The van der Waals surface area contributed by atoms with E-state index in [1.165, 1.54) is 18.0 Å². The minimum Gasteiger partial charge on any atom is -0.480 e. The topological polar surface area (TPSA) is 126 Å². The lowest BCUT2D eigenvalue weighted by Crippen LogP contribution is -2.51. The molecular formula is C17H20N4O6. The smallest absolute Gasteiger partial charge is 0.323 e. The number of rotatable bonds is 5. The monoisotopic (exact) mass is 376 g/mol. The number of aliphatic carboxylic acids is 1. The first-order valence-corrected chi connectivity index (χ1v) is 8.45. The molecule has 0 saturated carbocycles. The summed E-state index contributed by atoms with van der Waals surface area (Å²) in [5, 5.41) is 13.4. The van der Waals surface area contributed by atoms with Crippen molar-refractivity contribution in [2.45, 2.75) is 20.0 Å². The predicted octanol–water partition coefficient (Wildman–Crippen LogP) is 0.305. The maximum absolute atomic E-state index is 12.8. The Bertz CT molecular complexity index is 879. The Labute approximate surface area is 154 Å². The van der Waals surface area contributed by atoms with Gasteiger partial charge in [-0.1, -0.05) is 5.16 Å². The number of carbonyl (C=O) groups excluding carboxylic acids is 2. The Morgan fingerprint density at radius 1 is 1.41 bits per heavy atom. The highest BCUT2D eigenvalue weighted by Crippen LogP contribution is 2.19. The first-order valence-electron chi connectivity index (χ1n) is 8.45. The fourth-order valence-corrected chi connectivity index (χ4v) is 2.97. The van der Waals surface area contributed by atoms with Gasteiger partial charge in [-0.15, -0.1) is 0 Å². The van der Waals surface area contributed by atoms with E-state index >= 15 is 0 Å². The van der Waals surface area contributed by atoms with E-state index in [-0.39, 0.29) is 24.9 Å². The standard InChI is InChI=1S/C17H20N4O6/c1-10-14-5-12(6-18-16(14)27-19-10)17(25)20-3-4-26-13(7-20)8-21(11(2)22)9-15(23)24/h5-6,13H,3-4,7-9H2,1-2H3,(H,23,24). The fraction of sp³-hybridized carbons (Fsp3) is 0.471. The Morgan fingerprint density at radius 2 is 2.19 bits per heavy atom. The van der Waals surface area contributed by atoms with Gasteiger partial charge in [0.2, 0.25) is 5.91 Å². The highest BCUT2D eigenvalue weighted by molar-refractivity contribution is 5.97. The van der Waals surface area contributed by atoms with Gasteiger partial charge < -0.3 is 24.2 Å². The number of ether oxygens (including phenoxy) is 1. The first kappa shape index (κ1) is 18.8. The molecule has 10 heteroatoms. The van der Waals surface area contributed by atoms with E-state index in [4.69, 9.17) is 14.4 Å². The molecule has 0 radical (unpaired) electrons.